The van der Waals surface area contributed by atoms with Crippen LogP contribution in [0.3, 0.4) is 0 Å². The van der Waals surface area contributed by atoms with Crippen molar-refractivity contribution in [2.45, 2.75) is 315 Å². The Morgan fingerprint density at radius 1 is 0.443 bits per heavy atom. The standard InChI is InChI=1S/C69H127N2O7P/c1-7-10-13-16-19-22-25-27-29-31-33-34-35-36-38-39-41-43-46-49-52-55-58-61-68(72)70-66(65-77-79(74,75)76-64-63-71(4,5)6)67(60-57-54-51-48-45-24-21-18-15-12-9-3)78-69(73)62-59-56-53-50-47-44-42-40-37-32-30-28-26-23-20-17-14-11-8-2/h19-20,22-23,27-30,37,40,57,60,66-67H,7-18,21,24-26,31-36,38-39,41-56,58-59,61-65H2,1-6H3,(H-,70,72,74,75)/b22-19-,23-20-,29-27-,30-28-,40-37-,60-57-. The van der Waals surface area contributed by atoms with E-state index in [0.29, 0.717) is 23.9 Å². The van der Waals surface area contributed by atoms with Crippen LogP contribution >= 0.6 is 7.82 Å². The molecule has 0 aliphatic heterocycles. The average molecular weight is 1130 g/mol. The molecule has 0 aromatic heterocycles. The first-order valence-electron chi connectivity index (χ1n) is 33.2. The molecule has 460 valence electrons. The lowest BCUT2D eigenvalue weighted by Gasteiger charge is -2.30. The van der Waals surface area contributed by atoms with Gasteiger partial charge in [-0.1, -0.05) is 261 Å². The van der Waals surface area contributed by atoms with Crippen LogP contribution in [0.4, 0.5) is 0 Å². The van der Waals surface area contributed by atoms with E-state index < -0.39 is 26.6 Å². The van der Waals surface area contributed by atoms with E-state index in [0.717, 1.165) is 83.5 Å². The number of nitrogens with zero attached hydrogens (tertiary/aromatic N) is 1. The largest absolute Gasteiger partial charge is 0.756 e. The monoisotopic (exact) mass is 1130 g/mol. The molecule has 0 fully saturated rings. The van der Waals surface area contributed by atoms with Crippen molar-refractivity contribution in [2.24, 2.45) is 0 Å². The van der Waals surface area contributed by atoms with E-state index in [4.69, 9.17) is 13.8 Å². The van der Waals surface area contributed by atoms with Gasteiger partial charge in [-0.25, -0.2) is 0 Å². The van der Waals surface area contributed by atoms with Gasteiger partial charge in [0.15, 0.2) is 0 Å². The Morgan fingerprint density at radius 2 is 0.772 bits per heavy atom. The number of hydrogen-bond donors (Lipinski definition) is 1. The molecule has 3 atom stereocenters. The van der Waals surface area contributed by atoms with E-state index in [9.17, 15) is 19.0 Å². The number of phosphoric acid groups is 1. The predicted molar refractivity (Wildman–Crippen MR) is 339 cm³/mol. The molecule has 0 bridgehead atoms. The second-order valence-corrected chi connectivity index (χ2v) is 25.0. The zero-order chi connectivity index (χ0) is 57.9. The molecule has 0 saturated carbocycles. The van der Waals surface area contributed by atoms with E-state index in [1.54, 1.807) is 0 Å². The van der Waals surface area contributed by atoms with Crippen LogP contribution in [-0.2, 0) is 27.9 Å². The van der Waals surface area contributed by atoms with Crippen molar-refractivity contribution >= 4 is 19.7 Å². The minimum absolute atomic E-state index is 0.0263. The summed E-state index contributed by atoms with van der Waals surface area (Å²) in [4.78, 5) is 40.1. The summed E-state index contributed by atoms with van der Waals surface area (Å²) >= 11 is 0. The lowest BCUT2D eigenvalue weighted by Crippen LogP contribution is -2.47. The second kappa shape index (κ2) is 58.6. The summed E-state index contributed by atoms with van der Waals surface area (Å²) in [7, 11) is 1.18. The van der Waals surface area contributed by atoms with E-state index in [1.807, 2.05) is 33.3 Å². The molecule has 0 aliphatic rings. The molecule has 0 saturated heterocycles. The zero-order valence-corrected chi connectivity index (χ0v) is 53.5. The summed E-state index contributed by atoms with van der Waals surface area (Å²) in [6.45, 7) is 6.80. The molecule has 10 heteroatoms. The molecule has 0 spiro atoms. The van der Waals surface area contributed by atoms with Crippen molar-refractivity contribution in [3.63, 3.8) is 0 Å². The van der Waals surface area contributed by atoms with Gasteiger partial charge in [0.25, 0.3) is 7.82 Å². The SMILES string of the molecule is CCCCC/C=C\C/C=C\C/C=C\CCCCCCCCC(=O)OC(/C=C\CCCCCCCCCCC)C(COP(=O)([O-])OCC[N+](C)(C)C)NC(=O)CCCCCCCCCCCCCCC/C=C\C/C=C\CCCCC. The smallest absolute Gasteiger partial charge is 0.306 e. The van der Waals surface area contributed by atoms with Gasteiger partial charge in [0.2, 0.25) is 5.91 Å². The highest BCUT2D eigenvalue weighted by molar-refractivity contribution is 7.45. The van der Waals surface area contributed by atoms with Crippen molar-refractivity contribution in [3.05, 3.63) is 72.9 Å². The van der Waals surface area contributed by atoms with Crippen LogP contribution in [0.25, 0.3) is 0 Å². The molecule has 0 radical (unpaired) electrons. The molecule has 0 aromatic carbocycles. The van der Waals surface area contributed by atoms with Gasteiger partial charge in [-0.15, -0.1) is 0 Å². The third-order valence-electron chi connectivity index (χ3n) is 14.6. The summed E-state index contributed by atoms with van der Waals surface area (Å²) in [6, 6.07) is -0.896. The molecular weight excluding hydrogens is 1000 g/mol. The van der Waals surface area contributed by atoms with E-state index in [1.165, 1.54) is 180 Å². The first kappa shape index (κ1) is 76.5. The third kappa shape index (κ3) is 59.9. The molecule has 3 unspecified atom stereocenters. The number of phosphoric ester groups is 1. The molecule has 1 amide bonds. The van der Waals surface area contributed by atoms with Crippen LogP contribution in [-0.4, -0.2) is 69.4 Å². The molecule has 1 N–H and O–H groups in total. The number of nitrogens with one attached hydrogen (secondary N) is 1. The highest BCUT2D eigenvalue weighted by atomic mass is 31.2. The van der Waals surface area contributed by atoms with Crippen LogP contribution in [0.1, 0.15) is 303 Å². The lowest BCUT2D eigenvalue weighted by atomic mass is 10.0. The van der Waals surface area contributed by atoms with E-state index >= 15 is 0 Å². The van der Waals surface area contributed by atoms with Gasteiger partial charge in [0, 0.05) is 12.8 Å². The molecule has 0 aliphatic carbocycles. The predicted octanol–water partition coefficient (Wildman–Crippen LogP) is 20.2. The maximum Gasteiger partial charge on any atom is 0.306 e. The number of carbonyl (C=O) groups is 2. The van der Waals surface area contributed by atoms with Gasteiger partial charge in [-0.3, -0.25) is 14.2 Å². The van der Waals surface area contributed by atoms with Crippen LogP contribution in [0, 0.1) is 0 Å². The number of hydrogen-bond acceptors (Lipinski definition) is 7. The van der Waals surface area contributed by atoms with E-state index in [-0.39, 0.29) is 24.9 Å². The summed E-state index contributed by atoms with van der Waals surface area (Å²) in [5.74, 6) is -0.551. The van der Waals surface area contributed by atoms with Crippen LogP contribution in [0.2, 0.25) is 0 Å². The zero-order valence-electron chi connectivity index (χ0n) is 52.6. The Hall–Kier alpha value is -2.55. The van der Waals surface area contributed by atoms with Crippen LogP contribution < -0.4 is 10.2 Å². The number of ether oxygens (including phenoxy) is 1. The molecule has 0 heterocycles. The fraction of sp³-hybridized carbons (Fsp3) is 0.797. The summed E-state index contributed by atoms with van der Waals surface area (Å²) < 4.78 is 30.4. The summed E-state index contributed by atoms with van der Waals surface area (Å²) in [6.07, 6.45) is 75.8. The number of allylic oxidation sites excluding steroid dienone is 11. The lowest BCUT2D eigenvalue weighted by molar-refractivity contribution is -0.870. The Balaban J connectivity index is 5.13. The van der Waals surface area contributed by atoms with Gasteiger partial charge in [-0.2, -0.15) is 0 Å². The summed E-state index contributed by atoms with van der Waals surface area (Å²) in [5.41, 5.74) is 0. The highest BCUT2D eigenvalue weighted by Crippen LogP contribution is 2.38. The van der Waals surface area contributed by atoms with Crippen molar-refractivity contribution in [1.82, 2.24) is 5.32 Å². The third-order valence-corrected chi connectivity index (χ3v) is 15.6. The Morgan fingerprint density at radius 3 is 1.18 bits per heavy atom. The van der Waals surface area contributed by atoms with Crippen molar-refractivity contribution < 1.29 is 37.3 Å². The average Bonchev–Trinajstić information content (AvgIpc) is 3.41. The Kier molecular flexibility index (Phi) is 56.7. The first-order chi connectivity index (χ1) is 38.4. The number of quaternary nitrogens is 1. The Labute approximate surface area is 489 Å². The minimum atomic E-state index is -4.71. The number of esters is 1. The Bertz CT molecular complexity index is 1580. The van der Waals surface area contributed by atoms with Crippen molar-refractivity contribution in [1.29, 1.82) is 0 Å². The minimum Gasteiger partial charge on any atom is -0.756 e. The van der Waals surface area contributed by atoms with Gasteiger partial charge in [0.1, 0.15) is 19.3 Å². The second-order valence-electron chi connectivity index (χ2n) is 23.6. The fourth-order valence-corrected chi connectivity index (χ4v) is 10.2. The molecular formula is C69H127N2O7P. The quantitative estimate of drug-likeness (QED) is 0.0212. The number of amides is 1. The molecule has 0 aromatic rings. The molecule has 79 heavy (non-hydrogen) atoms. The van der Waals surface area contributed by atoms with Gasteiger partial charge in [-0.05, 0) is 102 Å². The molecule has 0 rings (SSSR count). The first-order valence-corrected chi connectivity index (χ1v) is 34.7. The van der Waals surface area contributed by atoms with Gasteiger partial charge >= 0.3 is 5.97 Å². The van der Waals surface area contributed by atoms with Crippen LogP contribution in [0.15, 0.2) is 72.9 Å². The number of unbranched alkanes of at least 4 members (excludes halogenated alkanes) is 34. The maximum atomic E-state index is 13.6. The maximum absolute atomic E-state index is 13.6. The van der Waals surface area contributed by atoms with Crippen molar-refractivity contribution in [3.8, 4) is 0 Å². The van der Waals surface area contributed by atoms with Crippen molar-refractivity contribution in [2.75, 3.05) is 40.9 Å². The topological polar surface area (TPSA) is 114 Å². The fourth-order valence-electron chi connectivity index (χ4n) is 9.44. The summed E-state index contributed by atoms with van der Waals surface area (Å²) in [5, 5.41) is 3.03. The number of likely N-dealkylation sites (N-methyl/N-ethyl adjacent to an activating group) is 1. The van der Waals surface area contributed by atoms with Gasteiger partial charge in [0.05, 0.1) is 33.8 Å². The normalized spacial score (nSPS) is 14.1. The van der Waals surface area contributed by atoms with Gasteiger partial charge < -0.3 is 28.5 Å². The van der Waals surface area contributed by atoms with Crippen LogP contribution in [0.5, 0.6) is 0 Å². The highest BCUT2D eigenvalue weighted by Gasteiger charge is 2.27. The van der Waals surface area contributed by atoms with E-state index in [2.05, 4.69) is 86.8 Å². The number of rotatable bonds is 60. The number of carbonyl (C=O) groups excluding carboxylic acids is 2. The molecule has 9 nitrogen and oxygen atoms in total.